The Balaban J connectivity index is -0.000000101. The van der Waals surface area contributed by atoms with Gasteiger partial charge in [0.05, 0.1) is 0 Å². The van der Waals surface area contributed by atoms with E-state index in [1.807, 2.05) is 0 Å². The van der Waals surface area contributed by atoms with Crippen LogP contribution in [0.4, 0.5) is 0 Å². The van der Waals surface area contributed by atoms with E-state index in [1.54, 1.807) is 0 Å². The molecule has 0 nitrogen and oxygen atoms in total. The molecule has 0 fully saturated rings. The molecule has 0 N–H and O–H groups in total. The van der Waals surface area contributed by atoms with Crippen LogP contribution in [0.1, 0.15) is 25.3 Å². The molecule has 0 amide bonds. The predicted molar refractivity (Wildman–Crippen MR) is 40.6 cm³/mol. The molecular formula is C9H13F3Zr. The number of aryl methyl sites for hydroxylation is 1. The minimum absolute atomic E-state index is 0. The number of hydrogen-bond donors (Lipinski definition) is 0. The molecule has 74 valence electrons. The fourth-order valence-electron chi connectivity index (χ4n) is 0.961. The fraction of sp³-hybridized carbons (Fsp3) is 0.444. The molecule has 0 atom stereocenters. The van der Waals surface area contributed by atoms with Crippen molar-refractivity contribution in [1.82, 2.24) is 0 Å². The van der Waals surface area contributed by atoms with Gasteiger partial charge in [0.25, 0.3) is 0 Å². The first-order chi connectivity index (χ1) is 4.43. The summed E-state index contributed by atoms with van der Waals surface area (Å²) < 4.78 is 0. The zero-order valence-corrected chi connectivity index (χ0v) is 10.0. The Kier molecular flexibility index (Phi) is 25.9. The van der Waals surface area contributed by atoms with E-state index in [0.29, 0.717) is 0 Å². The van der Waals surface area contributed by atoms with Gasteiger partial charge in [-0.3, -0.25) is 0 Å². The molecule has 0 aromatic heterocycles. The molecule has 4 heteroatoms. The van der Waals surface area contributed by atoms with E-state index in [9.17, 15) is 0 Å². The van der Waals surface area contributed by atoms with Crippen LogP contribution in [0.15, 0.2) is 24.3 Å². The van der Waals surface area contributed by atoms with Gasteiger partial charge in [-0.25, -0.2) is 12.1 Å². The summed E-state index contributed by atoms with van der Waals surface area (Å²) in [7, 11) is 0. The maximum atomic E-state index is 2.23. The first-order valence-electron chi connectivity index (χ1n) is 3.64. The molecule has 1 aromatic carbocycles. The van der Waals surface area contributed by atoms with Gasteiger partial charge in [-0.1, -0.05) is 26.2 Å². The third-order valence-corrected chi connectivity index (χ3v) is 1.55. The van der Waals surface area contributed by atoms with E-state index in [0.717, 1.165) is 0 Å². The predicted octanol–water partition coefficient (Wildman–Crippen LogP) is -6.24. The SMILES string of the molecule is CCCC[c-]1cccc1.[F-].[F-].[F-].[Zr+4]. The molecule has 0 aliphatic heterocycles. The van der Waals surface area contributed by atoms with E-state index in [4.69, 9.17) is 0 Å². The summed E-state index contributed by atoms with van der Waals surface area (Å²) in [5.74, 6) is 0. The van der Waals surface area contributed by atoms with Crippen molar-refractivity contribution < 1.29 is 40.3 Å². The van der Waals surface area contributed by atoms with Crippen molar-refractivity contribution in [2.75, 3.05) is 0 Å². The molecule has 13 heavy (non-hydrogen) atoms. The molecule has 0 bridgehead atoms. The molecule has 0 aliphatic carbocycles. The summed E-state index contributed by atoms with van der Waals surface area (Å²) in [5.41, 5.74) is 1.48. The van der Waals surface area contributed by atoms with Crippen LogP contribution < -0.4 is 14.1 Å². The second-order valence-electron chi connectivity index (χ2n) is 2.40. The van der Waals surface area contributed by atoms with Crippen LogP contribution >= 0.6 is 0 Å². The molecule has 0 aliphatic rings. The smallest absolute Gasteiger partial charge is 1.00 e. The number of unbranched alkanes of at least 4 members (excludes halogenated alkanes) is 1. The van der Waals surface area contributed by atoms with Crippen molar-refractivity contribution in [1.29, 1.82) is 0 Å². The molecule has 0 saturated heterocycles. The third-order valence-electron chi connectivity index (χ3n) is 1.55. The summed E-state index contributed by atoms with van der Waals surface area (Å²) in [6.07, 6.45) is 3.87. The average molecular weight is 269 g/mol. The maximum absolute atomic E-state index is 2.23. The first kappa shape index (κ1) is 23.1. The van der Waals surface area contributed by atoms with Gasteiger partial charge in [-0.15, -0.1) is 0 Å². The van der Waals surface area contributed by atoms with Crippen molar-refractivity contribution in [3.05, 3.63) is 29.8 Å². The molecule has 0 saturated carbocycles. The Morgan fingerprint density at radius 1 is 1.00 bits per heavy atom. The van der Waals surface area contributed by atoms with Crippen molar-refractivity contribution in [2.45, 2.75) is 26.2 Å². The van der Waals surface area contributed by atoms with Gasteiger partial charge in [0.15, 0.2) is 0 Å². The van der Waals surface area contributed by atoms with Gasteiger partial charge in [-0.05, 0) is 0 Å². The second kappa shape index (κ2) is 14.5. The van der Waals surface area contributed by atoms with Gasteiger partial charge in [-0.2, -0.15) is 17.7 Å². The van der Waals surface area contributed by atoms with Crippen LogP contribution in [0.5, 0.6) is 0 Å². The number of halogens is 3. The Labute approximate surface area is 96.3 Å². The zero-order chi connectivity index (χ0) is 6.53. The van der Waals surface area contributed by atoms with E-state index in [2.05, 4.69) is 31.2 Å². The van der Waals surface area contributed by atoms with Crippen LogP contribution in [0.2, 0.25) is 0 Å². The van der Waals surface area contributed by atoms with Crippen molar-refractivity contribution >= 4 is 0 Å². The summed E-state index contributed by atoms with van der Waals surface area (Å²) in [6.45, 7) is 2.23. The monoisotopic (exact) mass is 268 g/mol. The second-order valence-corrected chi connectivity index (χ2v) is 2.40. The van der Waals surface area contributed by atoms with Crippen LogP contribution in [-0.2, 0) is 32.6 Å². The van der Waals surface area contributed by atoms with Gasteiger partial charge in [0.2, 0.25) is 0 Å². The summed E-state index contributed by atoms with van der Waals surface area (Å²) >= 11 is 0. The molecule has 1 aromatic rings. The largest absolute Gasteiger partial charge is 4.00 e. The minimum Gasteiger partial charge on any atom is -1.00 e. The first-order valence-corrected chi connectivity index (χ1v) is 3.64. The van der Waals surface area contributed by atoms with Gasteiger partial charge < -0.3 is 14.1 Å². The molecular weight excluding hydrogens is 256 g/mol. The molecule has 0 spiro atoms. The topological polar surface area (TPSA) is 0 Å². The molecule has 1 rings (SSSR count). The maximum Gasteiger partial charge on any atom is 4.00 e. The quantitative estimate of drug-likeness (QED) is 0.479. The van der Waals surface area contributed by atoms with E-state index < -0.39 is 0 Å². The van der Waals surface area contributed by atoms with Crippen LogP contribution in [0, 0.1) is 0 Å². The molecule has 0 unspecified atom stereocenters. The van der Waals surface area contributed by atoms with Gasteiger partial charge in [0.1, 0.15) is 0 Å². The average Bonchev–Trinajstić information content (AvgIpc) is 2.34. The van der Waals surface area contributed by atoms with Crippen molar-refractivity contribution in [3.63, 3.8) is 0 Å². The van der Waals surface area contributed by atoms with E-state index in [1.165, 1.54) is 24.8 Å². The van der Waals surface area contributed by atoms with Crippen molar-refractivity contribution in [3.8, 4) is 0 Å². The summed E-state index contributed by atoms with van der Waals surface area (Å²) in [6, 6.07) is 8.58. The number of hydrogen-bond acceptors (Lipinski definition) is 0. The van der Waals surface area contributed by atoms with Crippen LogP contribution in [0.3, 0.4) is 0 Å². The Morgan fingerprint density at radius 3 is 1.85 bits per heavy atom. The van der Waals surface area contributed by atoms with Gasteiger partial charge in [0, 0.05) is 0 Å². The van der Waals surface area contributed by atoms with E-state index in [-0.39, 0.29) is 40.3 Å². The standard InChI is InChI=1S/C9H13.3FH.Zr/c1-2-3-6-9-7-4-5-8-9;;;;/h4-5,7-8H,2-3,6H2,1H3;3*1H;/q-1;;;;+4/p-3. The summed E-state index contributed by atoms with van der Waals surface area (Å²) in [5, 5.41) is 0. The van der Waals surface area contributed by atoms with Crippen LogP contribution in [-0.4, -0.2) is 0 Å². The third kappa shape index (κ3) is 9.94. The van der Waals surface area contributed by atoms with Crippen molar-refractivity contribution in [2.24, 2.45) is 0 Å². The summed E-state index contributed by atoms with van der Waals surface area (Å²) in [4.78, 5) is 0. The van der Waals surface area contributed by atoms with Crippen LogP contribution in [0.25, 0.3) is 0 Å². The fourth-order valence-corrected chi connectivity index (χ4v) is 0.961. The Hall–Kier alpha value is 0.0231. The zero-order valence-electron chi connectivity index (χ0n) is 7.56. The Bertz CT molecular complexity index is 152. The molecule has 0 radical (unpaired) electrons. The minimum atomic E-state index is 0. The molecule has 0 heterocycles. The van der Waals surface area contributed by atoms with Gasteiger partial charge >= 0.3 is 26.2 Å². The van der Waals surface area contributed by atoms with E-state index >= 15 is 0 Å². The Morgan fingerprint density at radius 2 is 1.46 bits per heavy atom. The number of rotatable bonds is 3. The normalized spacial score (nSPS) is 6.85.